The van der Waals surface area contributed by atoms with Crippen LogP contribution in [0.25, 0.3) is 0 Å². The van der Waals surface area contributed by atoms with Crippen LogP contribution in [0.4, 0.5) is 0 Å². The minimum atomic E-state index is 0.255. The van der Waals surface area contributed by atoms with Gasteiger partial charge in [0.25, 0.3) is 0 Å². The van der Waals surface area contributed by atoms with Crippen LogP contribution in [0.2, 0.25) is 0 Å². The number of benzene rings is 1. The molecule has 2 aromatic rings. The van der Waals surface area contributed by atoms with Gasteiger partial charge in [-0.15, -0.1) is 0 Å². The Morgan fingerprint density at radius 2 is 1.95 bits per heavy atom. The van der Waals surface area contributed by atoms with Crippen LogP contribution in [0.5, 0.6) is 5.75 Å². The van der Waals surface area contributed by atoms with Crippen molar-refractivity contribution in [3.05, 3.63) is 47.8 Å². The van der Waals surface area contributed by atoms with Gasteiger partial charge in [0.15, 0.2) is 0 Å². The molecule has 0 aliphatic rings. The lowest BCUT2D eigenvalue weighted by Gasteiger charge is -2.08. The second-order valence-electron chi connectivity index (χ2n) is 5.28. The van der Waals surface area contributed by atoms with Gasteiger partial charge in [0.2, 0.25) is 0 Å². The SMILES string of the molecule is CC(N)CCc1ccc(OCCc2cnn(C)c2)cc1. The topological polar surface area (TPSA) is 53.1 Å². The van der Waals surface area contributed by atoms with Crippen molar-refractivity contribution in [1.29, 1.82) is 0 Å². The fourth-order valence-corrected chi connectivity index (χ4v) is 2.03. The van der Waals surface area contributed by atoms with E-state index in [0.717, 1.165) is 25.0 Å². The highest BCUT2D eigenvalue weighted by molar-refractivity contribution is 5.27. The van der Waals surface area contributed by atoms with Crippen LogP contribution in [-0.4, -0.2) is 22.4 Å². The van der Waals surface area contributed by atoms with Gasteiger partial charge in [0, 0.05) is 25.7 Å². The first kappa shape index (κ1) is 14.6. The molecule has 1 aromatic carbocycles. The molecule has 0 aliphatic carbocycles. The number of hydrogen-bond donors (Lipinski definition) is 1. The van der Waals surface area contributed by atoms with Gasteiger partial charge in [0.05, 0.1) is 12.8 Å². The lowest BCUT2D eigenvalue weighted by atomic mass is 10.1. The maximum atomic E-state index is 5.76. The quantitative estimate of drug-likeness (QED) is 0.842. The summed E-state index contributed by atoms with van der Waals surface area (Å²) in [6.07, 6.45) is 6.80. The van der Waals surface area contributed by atoms with Crippen molar-refractivity contribution in [2.24, 2.45) is 12.8 Å². The number of aryl methyl sites for hydroxylation is 2. The van der Waals surface area contributed by atoms with Crippen molar-refractivity contribution in [3.8, 4) is 5.75 Å². The zero-order valence-corrected chi connectivity index (χ0v) is 12.2. The lowest BCUT2D eigenvalue weighted by Crippen LogP contribution is -2.15. The third-order valence-corrected chi connectivity index (χ3v) is 3.23. The van der Waals surface area contributed by atoms with E-state index in [2.05, 4.69) is 17.2 Å². The van der Waals surface area contributed by atoms with Gasteiger partial charge in [0.1, 0.15) is 5.75 Å². The Morgan fingerprint density at radius 1 is 1.20 bits per heavy atom. The summed E-state index contributed by atoms with van der Waals surface area (Å²) in [5.41, 5.74) is 8.26. The molecular formula is C16H23N3O. The molecule has 1 heterocycles. The molecule has 1 unspecified atom stereocenters. The van der Waals surface area contributed by atoms with Gasteiger partial charge in [-0.3, -0.25) is 4.68 Å². The molecule has 0 spiro atoms. The van der Waals surface area contributed by atoms with Crippen LogP contribution in [0, 0.1) is 0 Å². The van der Waals surface area contributed by atoms with Crippen LogP contribution >= 0.6 is 0 Å². The van der Waals surface area contributed by atoms with E-state index < -0.39 is 0 Å². The van der Waals surface area contributed by atoms with Gasteiger partial charge in [-0.1, -0.05) is 12.1 Å². The first-order valence-electron chi connectivity index (χ1n) is 7.08. The molecule has 20 heavy (non-hydrogen) atoms. The summed E-state index contributed by atoms with van der Waals surface area (Å²) >= 11 is 0. The Labute approximate surface area is 120 Å². The van der Waals surface area contributed by atoms with Gasteiger partial charge < -0.3 is 10.5 Å². The fraction of sp³-hybridized carbons (Fsp3) is 0.438. The Morgan fingerprint density at radius 3 is 2.55 bits per heavy atom. The zero-order chi connectivity index (χ0) is 14.4. The number of rotatable bonds is 7. The standard InChI is InChI=1S/C16H23N3O/c1-13(17)3-4-14-5-7-16(8-6-14)20-10-9-15-11-18-19(2)12-15/h5-8,11-13H,3-4,9-10,17H2,1-2H3. The number of nitrogens with zero attached hydrogens (tertiary/aromatic N) is 2. The first-order valence-corrected chi connectivity index (χ1v) is 7.08. The summed E-state index contributed by atoms with van der Waals surface area (Å²) in [6, 6.07) is 8.54. The average Bonchev–Trinajstić information content (AvgIpc) is 2.83. The van der Waals surface area contributed by atoms with E-state index in [1.807, 2.05) is 43.2 Å². The number of ether oxygens (including phenoxy) is 1. The molecule has 1 aromatic heterocycles. The van der Waals surface area contributed by atoms with Gasteiger partial charge >= 0.3 is 0 Å². The monoisotopic (exact) mass is 273 g/mol. The van der Waals surface area contributed by atoms with Crippen molar-refractivity contribution in [2.45, 2.75) is 32.2 Å². The summed E-state index contributed by atoms with van der Waals surface area (Å²) in [7, 11) is 1.92. The predicted molar refractivity (Wildman–Crippen MR) is 80.8 cm³/mol. The van der Waals surface area contributed by atoms with Crippen LogP contribution < -0.4 is 10.5 Å². The van der Waals surface area contributed by atoms with Crippen LogP contribution in [0.15, 0.2) is 36.7 Å². The third kappa shape index (κ3) is 4.70. The first-order chi connectivity index (χ1) is 9.63. The molecule has 0 bridgehead atoms. The molecule has 1 atom stereocenters. The number of hydrogen-bond acceptors (Lipinski definition) is 3. The van der Waals surface area contributed by atoms with Gasteiger partial charge in [-0.25, -0.2) is 0 Å². The predicted octanol–water partition coefficient (Wildman–Crippen LogP) is 2.32. The Bertz CT molecular complexity index is 517. The molecular weight excluding hydrogens is 250 g/mol. The highest BCUT2D eigenvalue weighted by Crippen LogP contribution is 2.14. The molecule has 0 fully saturated rings. The summed E-state index contributed by atoms with van der Waals surface area (Å²) in [5, 5.41) is 4.14. The molecule has 0 radical (unpaired) electrons. The lowest BCUT2D eigenvalue weighted by molar-refractivity contribution is 0.322. The van der Waals surface area contributed by atoms with Crippen molar-refractivity contribution < 1.29 is 4.74 Å². The van der Waals surface area contributed by atoms with E-state index in [1.54, 1.807) is 0 Å². The van der Waals surface area contributed by atoms with E-state index in [-0.39, 0.29) is 6.04 Å². The van der Waals surface area contributed by atoms with Crippen molar-refractivity contribution in [3.63, 3.8) is 0 Å². The Balaban J connectivity index is 1.76. The Kier molecular flexibility index (Phi) is 5.18. The summed E-state index contributed by atoms with van der Waals surface area (Å²) in [4.78, 5) is 0. The second kappa shape index (κ2) is 7.10. The summed E-state index contributed by atoms with van der Waals surface area (Å²) in [6.45, 7) is 2.71. The smallest absolute Gasteiger partial charge is 0.119 e. The summed E-state index contributed by atoms with van der Waals surface area (Å²) in [5.74, 6) is 0.915. The molecule has 4 nitrogen and oxygen atoms in total. The van der Waals surface area contributed by atoms with Gasteiger partial charge in [-0.05, 0) is 43.0 Å². The molecule has 2 N–H and O–H groups in total. The maximum Gasteiger partial charge on any atom is 0.119 e. The van der Waals surface area contributed by atoms with E-state index in [0.29, 0.717) is 6.61 Å². The third-order valence-electron chi connectivity index (χ3n) is 3.23. The number of nitrogens with two attached hydrogens (primary N) is 1. The van der Waals surface area contributed by atoms with Crippen molar-refractivity contribution >= 4 is 0 Å². The fourth-order valence-electron chi connectivity index (χ4n) is 2.03. The normalized spacial score (nSPS) is 12.3. The van der Waals surface area contributed by atoms with Crippen molar-refractivity contribution in [2.75, 3.05) is 6.61 Å². The molecule has 2 rings (SSSR count). The van der Waals surface area contributed by atoms with Gasteiger partial charge in [-0.2, -0.15) is 5.10 Å². The van der Waals surface area contributed by atoms with Crippen LogP contribution in [0.1, 0.15) is 24.5 Å². The zero-order valence-electron chi connectivity index (χ0n) is 12.2. The van der Waals surface area contributed by atoms with E-state index >= 15 is 0 Å². The molecule has 0 amide bonds. The minimum Gasteiger partial charge on any atom is -0.493 e. The van der Waals surface area contributed by atoms with Crippen LogP contribution in [0.3, 0.4) is 0 Å². The minimum absolute atomic E-state index is 0.255. The molecule has 0 saturated heterocycles. The maximum absolute atomic E-state index is 5.76. The largest absolute Gasteiger partial charge is 0.493 e. The average molecular weight is 273 g/mol. The van der Waals surface area contributed by atoms with E-state index in [9.17, 15) is 0 Å². The Hall–Kier alpha value is -1.81. The van der Waals surface area contributed by atoms with Crippen LogP contribution in [-0.2, 0) is 19.9 Å². The number of aromatic nitrogens is 2. The highest BCUT2D eigenvalue weighted by Gasteiger charge is 2.00. The van der Waals surface area contributed by atoms with E-state index in [4.69, 9.17) is 10.5 Å². The van der Waals surface area contributed by atoms with Crippen molar-refractivity contribution in [1.82, 2.24) is 9.78 Å². The second-order valence-corrected chi connectivity index (χ2v) is 5.28. The van der Waals surface area contributed by atoms with E-state index in [1.165, 1.54) is 11.1 Å². The summed E-state index contributed by atoms with van der Waals surface area (Å²) < 4.78 is 7.55. The molecule has 108 valence electrons. The molecule has 4 heteroatoms. The highest BCUT2D eigenvalue weighted by atomic mass is 16.5. The molecule has 0 saturated carbocycles. The molecule has 0 aliphatic heterocycles.